The Morgan fingerprint density at radius 2 is 1.80 bits per heavy atom. The van der Waals surface area contributed by atoms with Crippen molar-refractivity contribution >= 4 is 35.8 Å². The third kappa shape index (κ3) is 4.87. The molecule has 1 heterocycles. The van der Waals surface area contributed by atoms with E-state index in [-0.39, 0.29) is 30.8 Å². The zero-order chi connectivity index (χ0) is 17.7. The van der Waals surface area contributed by atoms with Gasteiger partial charge in [0.05, 0.1) is 12.0 Å². The van der Waals surface area contributed by atoms with Crippen LogP contribution in [0.2, 0.25) is 5.02 Å². The fraction of sp³-hybridized carbons (Fsp3) is 0.556. The molecular weight excluding hydrogens is 361 g/mol. The van der Waals surface area contributed by atoms with E-state index in [1.165, 1.54) is 0 Å². The van der Waals surface area contributed by atoms with Crippen molar-refractivity contribution in [2.45, 2.75) is 33.2 Å². The fourth-order valence-electron chi connectivity index (χ4n) is 3.12. The summed E-state index contributed by atoms with van der Waals surface area (Å²) in [7, 11) is 0. The van der Waals surface area contributed by atoms with E-state index >= 15 is 0 Å². The van der Waals surface area contributed by atoms with Crippen molar-refractivity contribution in [1.29, 1.82) is 0 Å². The number of carbonyl (C=O) groups is 2. The molecule has 1 aromatic carbocycles. The number of carbonyl (C=O) groups excluding carboxylic acids is 2. The average Bonchev–Trinajstić information content (AvgIpc) is 2.60. The van der Waals surface area contributed by atoms with Gasteiger partial charge in [-0.2, -0.15) is 0 Å². The number of rotatable bonds is 6. The highest BCUT2D eigenvalue weighted by Crippen LogP contribution is 2.28. The third-order valence-corrected chi connectivity index (χ3v) is 5.34. The Morgan fingerprint density at radius 3 is 2.28 bits per heavy atom. The van der Waals surface area contributed by atoms with Gasteiger partial charge in [0.25, 0.3) is 0 Å². The highest BCUT2D eigenvalue weighted by Gasteiger charge is 2.39. The molecule has 0 aromatic heterocycles. The van der Waals surface area contributed by atoms with Crippen molar-refractivity contribution in [2.24, 2.45) is 11.1 Å². The van der Waals surface area contributed by atoms with Crippen molar-refractivity contribution in [2.75, 3.05) is 26.2 Å². The summed E-state index contributed by atoms with van der Waals surface area (Å²) in [6.45, 7) is 6.05. The Morgan fingerprint density at radius 1 is 1.20 bits per heavy atom. The highest BCUT2D eigenvalue weighted by molar-refractivity contribution is 6.30. The summed E-state index contributed by atoms with van der Waals surface area (Å²) in [6, 6.07) is 7.47. The molecule has 25 heavy (non-hydrogen) atoms. The summed E-state index contributed by atoms with van der Waals surface area (Å²) in [6.07, 6.45) is 1.38. The molecule has 0 bridgehead atoms. The first kappa shape index (κ1) is 21.7. The second kappa shape index (κ2) is 9.41. The van der Waals surface area contributed by atoms with Crippen LogP contribution in [0.1, 0.15) is 32.3 Å². The molecule has 2 rings (SSSR count). The minimum absolute atomic E-state index is 0. The molecule has 140 valence electrons. The summed E-state index contributed by atoms with van der Waals surface area (Å²) in [5.41, 5.74) is 6.35. The fourth-order valence-corrected chi connectivity index (χ4v) is 3.25. The number of hydrogen-bond donors (Lipinski definition) is 1. The van der Waals surface area contributed by atoms with Crippen molar-refractivity contribution in [1.82, 2.24) is 9.80 Å². The lowest BCUT2D eigenvalue weighted by Gasteiger charge is -2.39. The van der Waals surface area contributed by atoms with E-state index in [4.69, 9.17) is 17.3 Å². The monoisotopic (exact) mass is 387 g/mol. The molecule has 0 aliphatic carbocycles. The standard InChI is InChI=1S/C18H26ClN3O2.ClH/c1-3-18(4-2,13-20)17(24)22-10-9-21(16(23)12-22)11-14-5-7-15(19)8-6-14;/h5-8H,3-4,9-13,20H2,1-2H3;1H. The molecule has 0 spiro atoms. The van der Waals surface area contributed by atoms with Gasteiger partial charge >= 0.3 is 0 Å². The minimum atomic E-state index is -0.543. The van der Waals surface area contributed by atoms with E-state index in [2.05, 4.69) is 0 Å². The van der Waals surface area contributed by atoms with Gasteiger partial charge in [-0.15, -0.1) is 12.4 Å². The van der Waals surface area contributed by atoms with Crippen LogP contribution in [0.4, 0.5) is 0 Å². The van der Waals surface area contributed by atoms with Crippen molar-refractivity contribution in [3.8, 4) is 0 Å². The van der Waals surface area contributed by atoms with Gasteiger partial charge in [0.2, 0.25) is 11.8 Å². The van der Waals surface area contributed by atoms with Gasteiger partial charge in [0.15, 0.2) is 0 Å². The second-order valence-electron chi connectivity index (χ2n) is 6.36. The zero-order valence-corrected chi connectivity index (χ0v) is 16.4. The Hall–Kier alpha value is -1.30. The summed E-state index contributed by atoms with van der Waals surface area (Å²) >= 11 is 5.89. The maximum atomic E-state index is 12.8. The molecular formula is C18H27Cl2N3O2. The largest absolute Gasteiger partial charge is 0.335 e. The molecule has 0 unspecified atom stereocenters. The van der Waals surface area contributed by atoms with E-state index in [0.29, 0.717) is 44.0 Å². The number of halogens is 2. The molecule has 0 atom stereocenters. The normalized spacial score (nSPS) is 15.1. The van der Waals surface area contributed by atoms with Crippen LogP contribution in [0.5, 0.6) is 0 Å². The van der Waals surface area contributed by atoms with Crippen molar-refractivity contribution in [3.05, 3.63) is 34.9 Å². The smallest absolute Gasteiger partial charge is 0.242 e. The number of benzene rings is 1. The van der Waals surface area contributed by atoms with Gasteiger partial charge in [-0.25, -0.2) is 0 Å². The van der Waals surface area contributed by atoms with E-state index in [1.54, 1.807) is 9.80 Å². The number of nitrogens with zero attached hydrogens (tertiary/aromatic N) is 2. The lowest BCUT2D eigenvalue weighted by molar-refractivity contribution is -0.152. The van der Waals surface area contributed by atoms with Crippen molar-refractivity contribution in [3.63, 3.8) is 0 Å². The second-order valence-corrected chi connectivity index (χ2v) is 6.80. The Labute approximate surface area is 160 Å². The van der Waals surface area contributed by atoms with E-state index < -0.39 is 5.41 Å². The minimum Gasteiger partial charge on any atom is -0.335 e. The first-order chi connectivity index (χ1) is 11.5. The predicted molar refractivity (Wildman–Crippen MR) is 103 cm³/mol. The Kier molecular flexibility index (Phi) is 8.19. The summed E-state index contributed by atoms with van der Waals surface area (Å²) in [4.78, 5) is 28.7. The van der Waals surface area contributed by atoms with E-state index in [1.807, 2.05) is 38.1 Å². The van der Waals surface area contributed by atoms with Crippen LogP contribution in [-0.2, 0) is 16.1 Å². The van der Waals surface area contributed by atoms with Crippen LogP contribution in [0, 0.1) is 5.41 Å². The van der Waals surface area contributed by atoms with Crippen LogP contribution < -0.4 is 5.73 Å². The quantitative estimate of drug-likeness (QED) is 0.815. The molecule has 5 nitrogen and oxygen atoms in total. The lowest BCUT2D eigenvalue weighted by atomic mass is 9.80. The van der Waals surface area contributed by atoms with Gasteiger partial charge in [-0.3, -0.25) is 9.59 Å². The average molecular weight is 388 g/mol. The maximum absolute atomic E-state index is 12.8. The first-order valence-electron chi connectivity index (χ1n) is 8.47. The lowest BCUT2D eigenvalue weighted by Crippen LogP contribution is -2.56. The molecule has 0 radical (unpaired) electrons. The van der Waals surface area contributed by atoms with Crippen LogP contribution in [0.25, 0.3) is 0 Å². The highest BCUT2D eigenvalue weighted by atomic mass is 35.5. The van der Waals surface area contributed by atoms with Crippen LogP contribution >= 0.6 is 24.0 Å². The Bertz CT molecular complexity index is 580. The molecule has 1 saturated heterocycles. The number of piperazine rings is 1. The number of hydrogen-bond acceptors (Lipinski definition) is 3. The molecule has 1 aliphatic heterocycles. The summed E-state index contributed by atoms with van der Waals surface area (Å²) in [5, 5.41) is 0.678. The molecule has 1 aliphatic rings. The zero-order valence-electron chi connectivity index (χ0n) is 14.8. The van der Waals surface area contributed by atoms with Crippen LogP contribution in [0.3, 0.4) is 0 Å². The number of amides is 2. The number of nitrogens with two attached hydrogens (primary N) is 1. The van der Waals surface area contributed by atoms with Gasteiger partial charge in [0.1, 0.15) is 0 Å². The molecule has 0 saturated carbocycles. The van der Waals surface area contributed by atoms with Crippen LogP contribution in [-0.4, -0.2) is 47.8 Å². The summed E-state index contributed by atoms with van der Waals surface area (Å²) in [5.74, 6) is -0.0165. The topological polar surface area (TPSA) is 66.6 Å². The van der Waals surface area contributed by atoms with Crippen LogP contribution in [0.15, 0.2) is 24.3 Å². The first-order valence-corrected chi connectivity index (χ1v) is 8.85. The Balaban J connectivity index is 0.00000312. The third-order valence-electron chi connectivity index (χ3n) is 5.09. The molecule has 2 N–H and O–H groups in total. The molecule has 1 fully saturated rings. The van der Waals surface area contributed by atoms with Gasteiger partial charge in [-0.05, 0) is 30.5 Å². The molecule has 7 heteroatoms. The van der Waals surface area contributed by atoms with E-state index in [9.17, 15) is 9.59 Å². The molecule has 2 amide bonds. The maximum Gasteiger partial charge on any atom is 0.242 e. The van der Waals surface area contributed by atoms with E-state index in [0.717, 1.165) is 5.56 Å². The summed E-state index contributed by atoms with van der Waals surface area (Å²) < 4.78 is 0. The van der Waals surface area contributed by atoms with Crippen molar-refractivity contribution < 1.29 is 9.59 Å². The predicted octanol–water partition coefficient (Wildman–Crippen LogP) is 2.70. The molecule has 1 aromatic rings. The van der Waals surface area contributed by atoms with Gasteiger partial charge in [-0.1, -0.05) is 37.6 Å². The SMILES string of the molecule is CCC(CC)(CN)C(=O)N1CCN(Cc2ccc(Cl)cc2)C(=O)C1.Cl. The van der Waals surface area contributed by atoms with Gasteiger partial charge in [0, 0.05) is 31.2 Å². The van der Waals surface area contributed by atoms with Gasteiger partial charge < -0.3 is 15.5 Å².